The van der Waals surface area contributed by atoms with Crippen LogP contribution < -0.4 is 0 Å². The van der Waals surface area contributed by atoms with Gasteiger partial charge in [0.1, 0.15) is 0 Å². The largest absolute Gasteiger partial charge is 0.309 e. The predicted molar refractivity (Wildman–Crippen MR) is 289 cm³/mol. The molecule has 69 heavy (non-hydrogen) atoms. The van der Waals surface area contributed by atoms with Crippen molar-refractivity contribution in [3.8, 4) is 67.8 Å². The lowest BCUT2D eigenvalue weighted by molar-refractivity contribution is 1.06. The lowest BCUT2D eigenvalue weighted by atomic mass is 9.91. The van der Waals surface area contributed by atoms with E-state index in [1.807, 2.05) is 47.7 Å². The van der Waals surface area contributed by atoms with Crippen molar-refractivity contribution in [2.45, 2.75) is 0 Å². The summed E-state index contributed by atoms with van der Waals surface area (Å²) in [7, 11) is 0. The standard InChI is InChI=1S/C63H39N5S/c1-4-20-40(21-5-1)61-64-62(41-22-6-2-7-23-41)66-63(65-61)50-29-12-16-35-54(50)68-53-34-15-11-28-49(53)58-46(31-19-36-55(58)68)51-38-42(44-30-18-32-47-45-26-13-17-37-57(45)69-60(44)47)39-56-59(51)48-27-10-14-33-52(48)67(56)43-24-8-3-9-25-43/h1-39H. The molecule has 0 amide bonds. The Balaban J connectivity index is 1.06. The first-order valence-corrected chi connectivity index (χ1v) is 24.1. The number of para-hydroxylation sites is 4. The summed E-state index contributed by atoms with van der Waals surface area (Å²) in [6, 6.07) is 84.6. The third-order valence-electron chi connectivity index (χ3n) is 13.6. The highest BCUT2D eigenvalue weighted by Crippen LogP contribution is 2.48. The second-order valence-electron chi connectivity index (χ2n) is 17.5. The van der Waals surface area contributed by atoms with Gasteiger partial charge in [-0.15, -0.1) is 11.3 Å². The Morgan fingerprint density at radius 2 is 0.812 bits per heavy atom. The number of fused-ring (bicyclic) bond motifs is 9. The molecule has 0 aliphatic heterocycles. The van der Waals surface area contributed by atoms with Crippen molar-refractivity contribution in [2.24, 2.45) is 0 Å². The third-order valence-corrected chi connectivity index (χ3v) is 14.8. The first-order chi connectivity index (χ1) is 34.2. The van der Waals surface area contributed by atoms with E-state index in [9.17, 15) is 0 Å². The van der Waals surface area contributed by atoms with Crippen molar-refractivity contribution in [3.05, 3.63) is 237 Å². The molecule has 0 saturated carbocycles. The highest BCUT2D eigenvalue weighted by Gasteiger charge is 2.24. The van der Waals surface area contributed by atoms with Crippen LogP contribution in [0.4, 0.5) is 0 Å². The third kappa shape index (κ3) is 6.27. The Kier molecular flexibility index (Phi) is 9.00. The molecule has 5 nitrogen and oxygen atoms in total. The van der Waals surface area contributed by atoms with E-state index in [-0.39, 0.29) is 0 Å². The van der Waals surface area contributed by atoms with Gasteiger partial charge in [-0.2, -0.15) is 0 Å². The molecule has 0 N–H and O–H groups in total. The highest BCUT2D eigenvalue weighted by molar-refractivity contribution is 7.26. The van der Waals surface area contributed by atoms with Crippen LogP contribution in [0.2, 0.25) is 0 Å². The van der Waals surface area contributed by atoms with Crippen LogP contribution >= 0.6 is 11.3 Å². The Labute approximate surface area is 401 Å². The number of hydrogen-bond donors (Lipinski definition) is 0. The van der Waals surface area contributed by atoms with E-state index in [1.165, 1.54) is 69.5 Å². The average Bonchev–Trinajstić information content (AvgIpc) is 4.09. The number of nitrogens with zero attached hydrogens (tertiary/aromatic N) is 5. The molecule has 4 heterocycles. The van der Waals surface area contributed by atoms with Crippen LogP contribution in [0.1, 0.15) is 0 Å². The molecule has 4 aromatic heterocycles. The maximum Gasteiger partial charge on any atom is 0.166 e. The van der Waals surface area contributed by atoms with E-state index < -0.39 is 0 Å². The molecule has 0 fully saturated rings. The fraction of sp³-hybridized carbons (Fsp3) is 0. The number of hydrogen-bond acceptors (Lipinski definition) is 4. The molecular weight excluding hydrogens is 859 g/mol. The van der Waals surface area contributed by atoms with Gasteiger partial charge in [0.05, 0.1) is 27.8 Å². The predicted octanol–water partition coefficient (Wildman–Crippen LogP) is 16.8. The Morgan fingerprint density at radius 1 is 0.304 bits per heavy atom. The zero-order valence-electron chi connectivity index (χ0n) is 37.2. The van der Waals surface area contributed by atoms with Gasteiger partial charge in [-0.05, 0) is 82.9 Å². The molecule has 0 radical (unpaired) electrons. The van der Waals surface area contributed by atoms with Gasteiger partial charge in [-0.3, -0.25) is 0 Å². The Hall–Kier alpha value is -8.97. The molecule has 14 aromatic rings. The minimum atomic E-state index is 0.610. The summed E-state index contributed by atoms with van der Waals surface area (Å²) in [5.41, 5.74) is 14.2. The van der Waals surface area contributed by atoms with Crippen molar-refractivity contribution >= 4 is 75.1 Å². The van der Waals surface area contributed by atoms with Gasteiger partial charge < -0.3 is 9.13 Å². The second kappa shape index (κ2) is 15.8. The van der Waals surface area contributed by atoms with Gasteiger partial charge in [-0.25, -0.2) is 15.0 Å². The first kappa shape index (κ1) is 39.2. The smallest absolute Gasteiger partial charge is 0.166 e. The maximum absolute atomic E-state index is 5.22. The minimum Gasteiger partial charge on any atom is -0.309 e. The quantitative estimate of drug-likeness (QED) is 0.160. The number of benzene rings is 10. The van der Waals surface area contributed by atoms with E-state index in [0.717, 1.165) is 44.6 Å². The Morgan fingerprint density at radius 3 is 1.54 bits per heavy atom. The SMILES string of the molecule is c1ccc(-c2nc(-c3ccccc3)nc(-c3ccccc3-n3c4ccccc4c4c(-c5cc(-c6cccc7c6sc6ccccc67)cc6c5c5ccccc5n6-c5ccccc5)cccc43)n2)cc1. The van der Waals surface area contributed by atoms with Gasteiger partial charge in [0, 0.05) is 64.1 Å². The summed E-state index contributed by atoms with van der Waals surface area (Å²) < 4.78 is 7.44. The molecule has 14 rings (SSSR count). The van der Waals surface area contributed by atoms with Crippen LogP contribution in [0, 0.1) is 0 Å². The topological polar surface area (TPSA) is 48.5 Å². The van der Waals surface area contributed by atoms with Crippen LogP contribution in [0.5, 0.6) is 0 Å². The van der Waals surface area contributed by atoms with Crippen LogP contribution in [0.15, 0.2) is 237 Å². The van der Waals surface area contributed by atoms with E-state index in [0.29, 0.717) is 17.5 Å². The average molecular weight is 898 g/mol. The normalized spacial score (nSPS) is 11.8. The molecule has 6 heteroatoms. The van der Waals surface area contributed by atoms with Crippen molar-refractivity contribution in [2.75, 3.05) is 0 Å². The van der Waals surface area contributed by atoms with Crippen LogP contribution in [-0.4, -0.2) is 24.1 Å². The van der Waals surface area contributed by atoms with Gasteiger partial charge in [0.15, 0.2) is 17.5 Å². The lowest BCUT2D eigenvalue weighted by Crippen LogP contribution is -2.03. The van der Waals surface area contributed by atoms with Crippen molar-refractivity contribution in [1.82, 2.24) is 24.1 Å². The molecule has 0 aliphatic carbocycles. The van der Waals surface area contributed by atoms with E-state index >= 15 is 0 Å². The maximum atomic E-state index is 5.22. The zero-order valence-corrected chi connectivity index (χ0v) is 38.0. The van der Waals surface area contributed by atoms with Crippen molar-refractivity contribution in [1.29, 1.82) is 0 Å². The number of aromatic nitrogens is 5. The molecule has 0 atom stereocenters. The lowest BCUT2D eigenvalue weighted by Gasteiger charge is -2.15. The highest BCUT2D eigenvalue weighted by atomic mass is 32.1. The van der Waals surface area contributed by atoms with Gasteiger partial charge >= 0.3 is 0 Å². The van der Waals surface area contributed by atoms with Crippen molar-refractivity contribution < 1.29 is 0 Å². The summed E-state index contributed by atoms with van der Waals surface area (Å²) >= 11 is 1.88. The molecule has 0 aliphatic rings. The number of rotatable bonds is 7. The second-order valence-corrected chi connectivity index (χ2v) is 18.5. The minimum absolute atomic E-state index is 0.610. The van der Waals surface area contributed by atoms with E-state index in [4.69, 9.17) is 15.0 Å². The van der Waals surface area contributed by atoms with Crippen LogP contribution in [-0.2, 0) is 0 Å². The van der Waals surface area contributed by atoms with Gasteiger partial charge in [0.25, 0.3) is 0 Å². The summed E-state index contributed by atoms with van der Waals surface area (Å²) in [6.45, 7) is 0. The molecule has 0 saturated heterocycles. The molecule has 0 spiro atoms. The summed E-state index contributed by atoms with van der Waals surface area (Å²) in [5.74, 6) is 1.87. The first-order valence-electron chi connectivity index (χ1n) is 23.3. The zero-order chi connectivity index (χ0) is 45.4. The van der Waals surface area contributed by atoms with E-state index in [2.05, 4.69) is 209 Å². The fourth-order valence-corrected chi connectivity index (χ4v) is 11.8. The molecule has 0 bridgehead atoms. The van der Waals surface area contributed by atoms with Gasteiger partial charge in [-0.1, -0.05) is 176 Å². The molecule has 10 aromatic carbocycles. The summed E-state index contributed by atoms with van der Waals surface area (Å²) in [4.78, 5) is 15.5. The number of thiophene rings is 1. The van der Waals surface area contributed by atoms with Crippen LogP contribution in [0.3, 0.4) is 0 Å². The Bertz CT molecular complexity index is 4240. The van der Waals surface area contributed by atoms with Crippen molar-refractivity contribution in [3.63, 3.8) is 0 Å². The fourth-order valence-electron chi connectivity index (χ4n) is 10.6. The van der Waals surface area contributed by atoms with Gasteiger partial charge in [0.2, 0.25) is 0 Å². The van der Waals surface area contributed by atoms with Crippen LogP contribution in [0.25, 0.3) is 132 Å². The molecule has 0 unspecified atom stereocenters. The van der Waals surface area contributed by atoms with E-state index in [1.54, 1.807) is 0 Å². The molecule has 322 valence electrons. The summed E-state index contributed by atoms with van der Waals surface area (Å²) in [5, 5.41) is 7.36. The summed E-state index contributed by atoms with van der Waals surface area (Å²) in [6.07, 6.45) is 0. The molecular formula is C63H39N5S. The monoisotopic (exact) mass is 897 g/mol.